The van der Waals surface area contributed by atoms with Gasteiger partial charge in [-0.25, -0.2) is 4.98 Å². The Balaban J connectivity index is 1.46. The minimum Gasteiger partial charge on any atom is -0.494 e. The maximum absolute atomic E-state index is 8.91. The third-order valence-corrected chi connectivity index (χ3v) is 4.70. The molecule has 2 aromatic heterocycles. The van der Waals surface area contributed by atoms with Gasteiger partial charge in [0.25, 0.3) is 0 Å². The van der Waals surface area contributed by atoms with Crippen LogP contribution in [0.2, 0.25) is 0 Å². The summed E-state index contributed by atoms with van der Waals surface area (Å²) in [4.78, 5) is 6.59. The van der Waals surface area contributed by atoms with Crippen molar-refractivity contribution < 1.29 is 9.84 Å². The summed E-state index contributed by atoms with van der Waals surface area (Å²) in [7, 11) is 1.99. The van der Waals surface area contributed by atoms with Crippen molar-refractivity contribution in [3.05, 3.63) is 54.9 Å². The van der Waals surface area contributed by atoms with E-state index in [0.29, 0.717) is 13.2 Å². The summed E-state index contributed by atoms with van der Waals surface area (Å²) in [6.07, 6.45) is 2.67. The van der Waals surface area contributed by atoms with Crippen LogP contribution in [0.3, 0.4) is 0 Å². The quantitative estimate of drug-likeness (QED) is 0.476. The lowest BCUT2D eigenvalue weighted by molar-refractivity contribution is 0.207. The lowest BCUT2D eigenvalue weighted by atomic mass is 10.2. The molecule has 0 aliphatic rings. The maximum Gasteiger partial charge on any atom is 0.171 e. The van der Waals surface area contributed by atoms with Crippen LogP contribution in [-0.4, -0.2) is 62.9 Å². The second kappa shape index (κ2) is 8.33. The van der Waals surface area contributed by atoms with Crippen molar-refractivity contribution in [3.8, 4) is 17.1 Å². The molecule has 2 heterocycles. The molecule has 0 aliphatic heterocycles. The van der Waals surface area contributed by atoms with Crippen molar-refractivity contribution in [2.24, 2.45) is 0 Å². The number of likely N-dealkylation sites (N-methyl/N-ethyl adjacent to an activating group) is 1. The number of aliphatic hydroxyl groups is 1. The molecule has 0 atom stereocenters. The molecule has 2 aromatic carbocycles. The van der Waals surface area contributed by atoms with Gasteiger partial charge in [0.15, 0.2) is 11.5 Å². The van der Waals surface area contributed by atoms with Gasteiger partial charge in [0.2, 0.25) is 0 Å². The van der Waals surface area contributed by atoms with Crippen molar-refractivity contribution in [2.75, 3.05) is 33.4 Å². The van der Waals surface area contributed by atoms with Crippen LogP contribution in [0.4, 0.5) is 0 Å². The van der Waals surface area contributed by atoms with Crippen molar-refractivity contribution >= 4 is 16.6 Å². The summed E-state index contributed by atoms with van der Waals surface area (Å²) >= 11 is 0. The average Bonchev–Trinajstić information content (AvgIpc) is 3.16. The molecule has 0 fully saturated rings. The van der Waals surface area contributed by atoms with E-state index in [-0.39, 0.29) is 6.61 Å². The third-order valence-electron chi connectivity index (χ3n) is 4.70. The summed E-state index contributed by atoms with van der Waals surface area (Å²) in [5, 5.41) is 18.6. The smallest absolute Gasteiger partial charge is 0.171 e. The SMILES string of the molecule is CN(CCO)CCCOc1ccc(-c2nnc3c4ccccc4ncn23)cc1. The number of aliphatic hydroxyl groups excluding tert-OH is 1. The van der Waals surface area contributed by atoms with E-state index in [4.69, 9.17) is 9.84 Å². The second-order valence-corrected chi connectivity index (χ2v) is 6.73. The van der Waals surface area contributed by atoms with Gasteiger partial charge in [0.1, 0.15) is 12.1 Å². The van der Waals surface area contributed by atoms with Crippen LogP contribution in [0.15, 0.2) is 54.9 Å². The molecule has 7 nitrogen and oxygen atoms in total. The van der Waals surface area contributed by atoms with Gasteiger partial charge in [-0.2, -0.15) is 0 Å². The number of hydrogen-bond acceptors (Lipinski definition) is 6. The first kappa shape index (κ1) is 18.3. The fraction of sp³-hybridized carbons (Fsp3) is 0.286. The lowest BCUT2D eigenvalue weighted by Gasteiger charge is -2.14. The summed E-state index contributed by atoms with van der Waals surface area (Å²) in [6, 6.07) is 15.8. The molecule has 0 spiro atoms. The van der Waals surface area contributed by atoms with Gasteiger partial charge in [-0.15, -0.1) is 10.2 Å². The monoisotopic (exact) mass is 377 g/mol. The van der Waals surface area contributed by atoms with Gasteiger partial charge < -0.3 is 14.7 Å². The molecule has 0 aliphatic carbocycles. The van der Waals surface area contributed by atoms with Gasteiger partial charge in [0, 0.05) is 24.0 Å². The highest BCUT2D eigenvalue weighted by Crippen LogP contribution is 2.24. The van der Waals surface area contributed by atoms with Crippen LogP contribution in [0, 0.1) is 0 Å². The predicted molar refractivity (Wildman–Crippen MR) is 108 cm³/mol. The highest BCUT2D eigenvalue weighted by molar-refractivity contribution is 5.91. The van der Waals surface area contributed by atoms with E-state index < -0.39 is 0 Å². The zero-order valence-electron chi connectivity index (χ0n) is 15.8. The number of aromatic nitrogens is 4. The van der Waals surface area contributed by atoms with Crippen molar-refractivity contribution in [1.82, 2.24) is 24.5 Å². The van der Waals surface area contributed by atoms with E-state index in [1.165, 1.54) is 0 Å². The normalized spacial score (nSPS) is 11.5. The molecule has 28 heavy (non-hydrogen) atoms. The van der Waals surface area contributed by atoms with Gasteiger partial charge in [-0.1, -0.05) is 12.1 Å². The van der Waals surface area contributed by atoms with E-state index in [1.54, 1.807) is 6.33 Å². The van der Waals surface area contributed by atoms with Crippen molar-refractivity contribution in [2.45, 2.75) is 6.42 Å². The fourth-order valence-corrected chi connectivity index (χ4v) is 3.18. The standard InChI is InChI=1S/C21H23N5O2/c1-25(12-13-27)11-4-14-28-17-9-7-16(8-10-17)20-23-24-21-18-5-2-3-6-19(18)22-15-26(20)21/h2-3,5-10,15,27H,4,11-14H2,1H3. The first-order valence-corrected chi connectivity index (χ1v) is 9.37. The Labute approximate surface area is 163 Å². The first-order chi connectivity index (χ1) is 13.8. The molecule has 0 radical (unpaired) electrons. The lowest BCUT2D eigenvalue weighted by Crippen LogP contribution is -2.24. The molecule has 0 bridgehead atoms. The third kappa shape index (κ3) is 3.81. The minimum atomic E-state index is 0.182. The molecule has 4 rings (SSSR count). The van der Waals surface area contributed by atoms with Crippen molar-refractivity contribution in [1.29, 1.82) is 0 Å². The Morgan fingerprint density at radius 2 is 1.86 bits per heavy atom. The predicted octanol–water partition coefficient (Wildman–Crippen LogP) is 2.64. The number of rotatable bonds is 8. The largest absolute Gasteiger partial charge is 0.494 e. The highest BCUT2D eigenvalue weighted by Gasteiger charge is 2.11. The number of fused-ring (bicyclic) bond motifs is 3. The molecular formula is C21H23N5O2. The summed E-state index contributed by atoms with van der Waals surface area (Å²) in [6.45, 7) is 2.40. The highest BCUT2D eigenvalue weighted by atomic mass is 16.5. The van der Waals surface area contributed by atoms with Crippen LogP contribution in [0.25, 0.3) is 27.9 Å². The molecule has 4 aromatic rings. The second-order valence-electron chi connectivity index (χ2n) is 6.73. The average molecular weight is 377 g/mol. The Bertz CT molecular complexity index is 1060. The molecule has 1 N–H and O–H groups in total. The topological polar surface area (TPSA) is 75.8 Å². The summed E-state index contributed by atoms with van der Waals surface area (Å²) in [5.74, 6) is 1.58. The summed E-state index contributed by atoms with van der Waals surface area (Å²) in [5.41, 5.74) is 2.66. The molecule has 0 saturated carbocycles. The van der Waals surface area contributed by atoms with Gasteiger partial charge in [0.05, 0.1) is 18.7 Å². The molecule has 0 unspecified atom stereocenters. The number of hydrogen-bond donors (Lipinski definition) is 1. The molecule has 0 amide bonds. The van der Waals surface area contributed by atoms with E-state index in [2.05, 4.69) is 20.1 Å². The number of benzene rings is 2. The van der Waals surface area contributed by atoms with E-state index in [9.17, 15) is 0 Å². The molecule has 0 saturated heterocycles. The Morgan fingerprint density at radius 1 is 1.04 bits per heavy atom. The van der Waals surface area contributed by atoms with E-state index in [1.807, 2.05) is 60.0 Å². The number of para-hydroxylation sites is 1. The van der Waals surface area contributed by atoms with Crippen LogP contribution in [0.1, 0.15) is 6.42 Å². The van der Waals surface area contributed by atoms with Crippen LogP contribution >= 0.6 is 0 Å². The number of ether oxygens (including phenoxy) is 1. The molecular weight excluding hydrogens is 354 g/mol. The van der Waals surface area contributed by atoms with Crippen LogP contribution in [-0.2, 0) is 0 Å². The molecule has 144 valence electrons. The van der Waals surface area contributed by atoms with Gasteiger partial charge in [-0.3, -0.25) is 4.40 Å². The van der Waals surface area contributed by atoms with E-state index in [0.717, 1.165) is 46.7 Å². The number of nitrogens with zero attached hydrogens (tertiary/aromatic N) is 5. The molecule has 7 heteroatoms. The fourth-order valence-electron chi connectivity index (χ4n) is 3.18. The first-order valence-electron chi connectivity index (χ1n) is 9.37. The van der Waals surface area contributed by atoms with Gasteiger partial charge >= 0.3 is 0 Å². The van der Waals surface area contributed by atoms with Crippen molar-refractivity contribution in [3.63, 3.8) is 0 Å². The zero-order valence-corrected chi connectivity index (χ0v) is 15.8. The Morgan fingerprint density at radius 3 is 2.68 bits per heavy atom. The minimum absolute atomic E-state index is 0.182. The maximum atomic E-state index is 8.91. The van der Waals surface area contributed by atoms with E-state index >= 15 is 0 Å². The summed E-state index contributed by atoms with van der Waals surface area (Å²) < 4.78 is 7.72. The van der Waals surface area contributed by atoms with Crippen LogP contribution < -0.4 is 4.74 Å². The zero-order chi connectivity index (χ0) is 19.3. The Kier molecular flexibility index (Phi) is 5.45. The van der Waals surface area contributed by atoms with Gasteiger partial charge in [-0.05, 0) is 49.9 Å². The van der Waals surface area contributed by atoms with Crippen LogP contribution in [0.5, 0.6) is 5.75 Å². The Hall–Kier alpha value is -3.03.